The molecule has 1 aromatic heterocycles. The third-order valence-electron chi connectivity index (χ3n) is 2.81. The molecule has 0 saturated carbocycles. The van der Waals surface area contributed by atoms with E-state index >= 15 is 0 Å². The molecule has 0 aliphatic carbocycles. The van der Waals surface area contributed by atoms with E-state index in [0.29, 0.717) is 15.2 Å². The van der Waals surface area contributed by atoms with E-state index in [0.717, 1.165) is 0 Å². The van der Waals surface area contributed by atoms with Gasteiger partial charge in [0.15, 0.2) is 0 Å². The van der Waals surface area contributed by atoms with Gasteiger partial charge in [-0.3, -0.25) is 4.68 Å². The van der Waals surface area contributed by atoms with Crippen molar-refractivity contribution in [3.8, 4) is 0 Å². The van der Waals surface area contributed by atoms with E-state index < -0.39 is 11.9 Å². The summed E-state index contributed by atoms with van der Waals surface area (Å²) in [6.45, 7) is 3.83. The lowest BCUT2D eigenvalue weighted by atomic mass is 10.1. The number of rotatable bonds is 3. The minimum absolute atomic E-state index is 0.0164. The van der Waals surface area contributed by atoms with E-state index in [9.17, 15) is 9.50 Å². The van der Waals surface area contributed by atoms with Crippen molar-refractivity contribution >= 4 is 27.5 Å². The van der Waals surface area contributed by atoms with Crippen LogP contribution in [0.1, 0.15) is 37.3 Å². The standard InChI is InChI=1S/C13H13BrClFN2O/c1-7(2)18-12(9(15)6-17-18)13(19)11-8(14)4-3-5-10(11)16/h3-7,13,19H,1-2H3. The summed E-state index contributed by atoms with van der Waals surface area (Å²) < 4.78 is 16.0. The maximum Gasteiger partial charge on any atom is 0.130 e. The monoisotopic (exact) mass is 346 g/mol. The van der Waals surface area contributed by atoms with Gasteiger partial charge in [-0.1, -0.05) is 33.6 Å². The first kappa shape index (κ1) is 14.5. The molecule has 19 heavy (non-hydrogen) atoms. The number of aromatic nitrogens is 2. The molecular formula is C13H13BrClFN2O. The van der Waals surface area contributed by atoms with Crippen molar-refractivity contribution in [3.05, 3.63) is 51.0 Å². The summed E-state index contributed by atoms with van der Waals surface area (Å²) in [7, 11) is 0. The van der Waals surface area contributed by atoms with Crippen molar-refractivity contribution < 1.29 is 9.50 Å². The number of benzene rings is 1. The quantitative estimate of drug-likeness (QED) is 0.907. The molecule has 0 radical (unpaired) electrons. The van der Waals surface area contributed by atoms with Crippen LogP contribution in [-0.2, 0) is 0 Å². The number of nitrogens with zero attached hydrogens (tertiary/aromatic N) is 2. The van der Waals surface area contributed by atoms with Crippen molar-refractivity contribution in [3.63, 3.8) is 0 Å². The Morgan fingerprint density at radius 3 is 2.68 bits per heavy atom. The van der Waals surface area contributed by atoms with E-state index in [1.807, 2.05) is 13.8 Å². The Hall–Kier alpha value is -0.910. The number of hydrogen-bond donors (Lipinski definition) is 1. The van der Waals surface area contributed by atoms with Crippen molar-refractivity contribution in [1.29, 1.82) is 0 Å². The van der Waals surface area contributed by atoms with Crippen LogP contribution in [0.3, 0.4) is 0 Å². The van der Waals surface area contributed by atoms with Gasteiger partial charge in [-0.05, 0) is 26.0 Å². The molecule has 2 aromatic rings. The molecule has 1 unspecified atom stereocenters. The van der Waals surface area contributed by atoms with Gasteiger partial charge in [-0.15, -0.1) is 0 Å². The van der Waals surface area contributed by atoms with Crippen LogP contribution in [0.4, 0.5) is 4.39 Å². The molecule has 1 aromatic carbocycles. The van der Waals surface area contributed by atoms with Crippen LogP contribution in [-0.4, -0.2) is 14.9 Å². The molecule has 2 rings (SSSR count). The minimum Gasteiger partial charge on any atom is -0.382 e. The Balaban J connectivity index is 2.56. The van der Waals surface area contributed by atoms with Gasteiger partial charge in [0.1, 0.15) is 11.9 Å². The zero-order valence-corrected chi connectivity index (χ0v) is 12.8. The average molecular weight is 348 g/mol. The van der Waals surface area contributed by atoms with E-state index in [4.69, 9.17) is 11.6 Å². The summed E-state index contributed by atoms with van der Waals surface area (Å²) in [6, 6.07) is 4.55. The van der Waals surface area contributed by atoms with Crippen LogP contribution >= 0.6 is 27.5 Å². The fraction of sp³-hybridized carbons (Fsp3) is 0.308. The summed E-state index contributed by atoms with van der Waals surface area (Å²) in [4.78, 5) is 0. The van der Waals surface area contributed by atoms with Crippen LogP contribution in [0.5, 0.6) is 0 Å². The van der Waals surface area contributed by atoms with E-state index in [-0.39, 0.29) is 11.6 Å². The fourth-order valence-corrected chi connectivity index (χ4v) is 2.72. The Kier molecular flexibility index (Phi) is 4.28. The molecule has 0 amide bonds. The second-order valence-corrected chi connectivity index (χ2v) is 5.72. The number of aliphatic hydroxyl groups excluding tert-OH is 1. The molecule has 102 valence electrons. The van der Waals surface area contributed by atoms with E-state index in [1.165, 1.54) is 12.3 Å². The molecule has 0 aliphatic rings. The third kappa shape index (κ3) is 2.68. The maximum absolute atomic E-state index is 13.9. The lowest BCUT2D eigenvalue weighted by Gasteiger charge is -2.18. The van der Waals surface area contributed by atoms with E-state index in [2.05, 4.69) is 21.0 Å². The largest absolute Gasteiger partial charge is 0.382 e. The van der Waals surface area contributed by atoms with Gasteiger partial charge in [-0.25, -0.2) is 4.39 Å². The predicted octanol–water partition coefficient (Wildman–Crippen LogP) is 4.10. The first-order chi connectivity index (χ1) is 8.93. The molecule has 3 nitrogen and oxygen atoms in total. The predicted molar refractivity (Wildman–Crippen MR) is 75.8 cm³/mol. The molecule has 0 aliphatic heterocycles. The van der Waals surface area contributed by atoms with Gasteiger partial charge in [0, 0.05) is 16.1 Å². The highest BCUT2D eigenvalue weighted by atomic mass is 79.9. The zero-order chi connectivity index (χ0) is 14.2. The summed E-state index contributed by atoms with van der Waals surface area (Å²) in [5.74, 6) is -0.491. The maximum atomic E-state index is 13.9. The highest BCUT2D eigenvalue weighted by Gasteiger charge is 2.25. The summed E-state index contributed by atoms with van der Waals surface area (Å²) in [6.07, 6.45) is 0.280. The van der Waals surface area contributed by atoms with Gasteiger partial charge in [0.25, 0.3) is 0 Å². The normalized spacial score (nSPS) is 13.0. The first-order valence-corrected chi connectivity index (χ1v) is 6.95. The van der Waals surface area contributed by atoms with Crippen LogP contribution in [0.2, 0.25) is 5.02 Å². The average Bonchev–Trinajstić information content (AvgIpc) is 2.70. The number of hydrogen-bond acceptors (Lipinski definition) is 2. The summed E-state index contributed by atoms with van der Waals surface area (Å²) in [5.41, 5.74) is 0.550. The molecule has 0 fully saturated rings. The van der Waals surface area contributed by atoms with Gasteiger partial charge >= 0.3 is 0 Å². The first-order valence-electron chi connectivity index (χ1n) is 5.78. The van der Waals surface area contributed by atoms with Gasteiger partial charge in [0.05, 0.1) is 16.9 Å². The molecule has 6 heteroatoms. The molecule has 0 bridgehead atoms. The molecule has 0 saturated heterocycles. The summed E-state index contributed by atoms with van der Waals surface area (Å²) >= 11 is 9.30. The Morgan fingerprint density at radius 1 is 1.42 bits per heavy atom. The lowest BCUT2D eigenvalue weighted by molar-refractivity contribution is 0.199. The Bertz CT molecular complexity index is 580. The van der Waals surface area contributed by atoms with Crippen LogP contribution in [0, 0.1) is 5.82 Å². The molecular weight excluding hydrogens is 335 g/mol. The fourth-order valence-electron chi connectivity index (χ4n) is 1.93. The zero-order valence-electron chi connectivity index (χ0n) is 10.4. The lowest BCUT2D eigenvalue weighted by Crippen LogP contribution is -2.14. The van der Waals surface area contributed by atoms with Gasteiger partial charge in [-0.2, -0.15) is 5.10 Å². The van der Waals surface area contributed by atoms with Crippen LogP contribution in [0.25, 0.3) is 0 Å². The Labute approximate surface area is 124 Å². The van der Waals surface area contributed by atoms with Crippen LogP contribution in [0.15, 0.2) is 28.9 Å². The van der Waals surface area contributed by atoms with Crippen molar-refractivity contribution in [1.82, 2.24) is 9.78 Å². The number of aliphatic hydroxyl groups is 1. The third-order valence-corrected chi connectivity index (χ3v) is 3.79. The van der Waals surface area contributed by atoms with Crippen molar-refractivity contribution in [2.24, 2.45) is 0 Å². The molecule has 1 heterocycles. The minimum atomic E-state index is -1.17. The topological polar surface area (TPSA) is 38.0 Å². The highest BCUT2D eigenvalue weighted by molar-refractivity contribution is 9.10. The SMILES string of the molecule is CC(C)n1ncc(Cl)c1C(O)c1c(F)cccc1Br. The summed E-state index contributed by atoms with van der Waals surface area (Å²) in [5, 5.41) is 14.9. The molecule has 0 spiro atoms. The van der Waals surface area contributed by atoms with E-state index in [1.54, 1.807) is 16.8 Å². The van der Waals surface area contributed by atoms with Crippen LogP contribution < -0.4 is 0 Å². The highest BCUT2D eigenvalue weighted by Crippen LogP contribution is 2.35. The Morgan fingerprint density at radius 2 is 2.11 bits per heavy atom. The molecule has 1 N–H and O–H groups in total. The molecule has 1 atom stereocenters. The van der Waals surface area contributed by atoms with Gasteiger partial charge < -0.3 is 5.11 Å². The smallest absolute Gasteiger partial charge is 0.130 e. The van der Waals surface area contributed by atoms with Gasteiger partial charge in [0.2, 0.25) is 0 Å². The van der Waals surface area contributed by atoms with Crippen molar-refractivity contribution in [2.45, 2.75) is 26.0 Å². The second-order valence-electron chi connectivity index (χ2n) is 4.45. The number of halogens is 3. The second kappa shape index (κ2) is 5.61. The van der Waals surface area contributed by atoms with Crippen molar-refractivity contribution in [2.75, 3.05) is 0 Å².